The Morgan fingerprint density at radius 1 is 1.11 bits per heavy atom. The zero-order valence-electron chi connectivity index (χ0n) is 15.7. The molecule has 1 N–H and O–H groups in total. The van der Waals surface area contributed by atoms with Gasteiger partial charge in [0, 0.05) is 19.3 Å². The lowest BCUT2D eigenvalue weighted by atomic mass is 9.77. The van der Waals surface area contributed by atoms with Crippen molar-refractivity contribution in [2.45, 2.75) is 50.0 Å². The molecule has 0 spiro atoms. The topological polar surface area (TPSA) is 75.4 Å². The monoisotopic (exact) mass is 385 g/mol. The van der Waals surface area contributed by atoms with Crippen molar-refractivity contribution in [2.75, 3.05) is 13.1 Å². The van der Waals surface area contributed by atoms with E-state index < -0.39 is 11.4 Å². The maximum Gasteiger partial charge on any atom is 0.338 e. The first-order valence-electron chi connectivity index (χ1n) is 9.82. The van der Waals surface area contributed by atoms with Gasteiger partial charge in [-0.3, -0.25) is 9.48 Å². The molecule has 0 radical (unpaired) electrons. The number of piperidine rings is 1. The average Bonchev–Trinajstić information content (AvgIpc) is 3.39. The Morgan fingerprint density at radius 3 is 2.32 bits per heavy atom. The Balaban J connectivity index is 1.47. The van der Waals surface area contributed by atoms with Gasteiger partial charge >= 0.3 is 5.97 Å². The summed E-state index contributed by atoms with van der Waals surface area (Å²) in [6, 6.07) is 6.48. The number of likely N-dealkylation sites (tertiary alicyclic amines) is 1. The summed E-state index contributed by atoms with van der Waals surface area (Å²) in [7, 11) is 0. The Bertz CT molecular complexity index is 863. The van der Waals surface area contributed by atoms with Crippen LogP contribution in [0.3, 0.4) is 0 Å². The average molecular weight is 385 g/mol. The molecule has 2 fully saturated rings. The zero-order valence-corrected chi connectivity index (χ0v) is 15.7. The number of carbonyl (C=O) groups excluding carboxylic acids is 1. The van der Waals surface area contributed by atoms with Gasteiger partial charge < -0.3 is 10.0 Å². The molecule has 0 bridgehead atoms. The number of carbonyl (C=O) groups is 2. The lowest BCUT2D eigenvalue weighted by Gasteiger charge is -2.39. The molecule has 4 rings (SSSR count). The molecular formula is C21H24FN3O3. The molecule has 148 valence electrons. The quantitative estimate of drug-likeness (QED) is 0.875. The number of nitrogens with zero attached hydrogens (tertiary/aromatic N) is 3. The van der Waals surface area contributed by atoms with Gasteiger partial charge in [-0.05, 0) is 43.4 Å². The molecule has 1 aliphatic carbocycles. The van der Waals surface area contributed by atoms with Crippen molar-refractivity contribution >= 4 is 11.9 Å². The predicted octanol–water partition coefficient (Wildman–Crippen LogP) is 3.40. The Morgan fingerprint density at radius 2 is 1.75 bits per heavy atom. The van der Waals surface area contributed by atoms with Crippen LogP contribution in [0.2, 0.25) is 0 Å². The van der Waals surface area contributed by atoms with Gasteiger partial charge in [-0.15, -0.1) is 0 Å². The third-order valence-electron chi connectivity index (χ3n) is 6.24. The van der Waals surface area contributed by atoms with E-state index in [1.165, 1.54) is 18.3 Å². The van der Waals surface area contributed by atoms with Gasteiger partial charge in [0.05, 0.1) is 23.2 Å². The molecule has 1 aromatic heterocycles. The molecule has 2 aliphatic rings. The molecular weight excluding hydrogens is 361 g/mol. The molecule has 7 heteroatoms. The summed E-state index contributed by atoms with van der Waals surface area (Å²) in [5.74, 6) is -1.13. The van der Waals surface area contributed by atoms with E-state index in [-0.39, 0.29) is 23.3 Å². The number of benzene rings is 1. The van der Waals surface area contributed by atoms with E-state index in [1.807, 2.05) is 4.90 Å². The van der Waals surface area contributed by atoms with Gasteiger partial charge in [-0.1, -0.05) is 25.0 Å². The molecule has 1 aromatic carbocycles. The number of carboxylic acid groups (broad SMARTS) is 1. The summed E-state index contributed by atoms with van der Waals surface area (Å²) in [6.07, 6.45) is 8.02. The smallest absolute Gasteiger partial charge is 0.338 e. The first kappa shape index (κ1) is 18.7. The third-order valence-corrected chi connectivity index (χ3v) is 6.24. The minimum atomic E-state index is -0.985. The summed E-state index contributed by atoms with van der Waals surface area (Å²) >= 11 is 0. The van der Waals surface area contributed by atoms with Gasteiger partial charge in [-0.2, -0.15) is 5.10 Å². The molecule has 0 atom stereocenters. The standard InChI is InChI=1S/C21H24FN3O3/c22-17-5-3-16(4-6-17)21(9-1-2-10-21)20(28)24-11-7-18(8-12-24)25-14-15(13-23-25)19(26)27/h3-6,13-14,18H,1-2,7-12H2,(H,26,27). The maximum atomic E-state index is 13.5. The number of halogens is 1. The molecule has 2 heterocycles. The second-order valence-electron chi connectivity index (χ2n) is 7.83. The molecule has 0 unspecified atom stereocenters. The lowest BCUT2D eigenvalue weighted by molar-refractivity contribution is -0.138. The number of carboxylic acids is 1. The molecule has 28 heavy (non-hydrogen) atoms. The number of amides is 1. The van der Waals surface area contributed by atoms with Crippen LogP contribution in [0, 0.1) is 5.82 Å². The summed E-state index contributed by atoms with van der Waals surface area (Å²) in [5.41, 5.74) is 0.555. The van der Waals surface area contributed by atoms with Crippen molar-refractivity contribution < 1.29 is 19.1 Å². The van der Waals surface area contributed by atoms with Crippen molar-refractivity contribution in [3.05, 3.63) is 53.6 Å². The van der Waals surface area contributed by atoms with E-state index in [2.05, 4.69) is 5.10 Å². The minimum Gasteiger partial charge on any atom is -0.478 e. The number of aromatic nitrogens is 2. The SMILES string of the molecule is O=C(O)c1cnn(C2CCN(C(=O)C3(c4ccc(F)cc4)CCCC3)CC2)c1. The van der Waals surface area contributed by atoms with Gasteiger partial charge in [0.1, 0.15) is 5.82 Å². The second kappa shape index (κ2) is 7.37. The van der Waals surface area contributed by atoms with E-state index in [1.54, 1.807) is 23.0 Å². The van der Waals surface area contributed by atoms with Crippen LogP contribution in [0.15, 0.2) is 36.7 Å². The van der Waals surface area contributed by atoms with E-state index in [4.69, 9.17) is 5.11 Å². The largest absolute Gasteiger partial charge is 0.478 e. The molecule has 6 nitrogen and oxygen atoms in total. The Labute approximate surface area is 163 Å². The third kappa shape index (κ3) is 3.30. The Kier molecular flexibility index (Phi) is 4.91. The van der Waals surface area contributed by atoms with Crippen LogP contribution < -0.4 is 0 Å². The predicted molar refractivity (Wildman–Crippen MR) is 101 cm³/mol. The fourth-order valence-corrected chi connectivity index (χ4v) is 4.66. The van der Waals surface area contributed by atoms with Crippen LogP contribution in [-0.2, 0) is 10.2 Å². The number of hydrogen-bond acceptors (Lipinski definition) is 3. The van der Waals surface area contributed by atoms with E-state index in [0.29, 0.717) is 13.1 Å². The highest BCUT2D eigenvalue weighted by Crippen LogP contribution is 2.43. The van der Waals surface area contributed by atoms with Crippen LogP contribution >= 0.6 is 0 Å². The summed E-state index contributed by atoms with van der Waals surface area (Å²) in [5, 5.41) is 13.2. The Hall–Kier alpha value is -2.70. The fraction of sp³-hybridized carbons (Fsp3) is 0.476. The maximum absolute atomic E-state index is 13.5. The molecule has 1 amide bonds. The van der Waals surface area contributed by atoms with Crippen molar-refractivity contribution in [3.8, 4) is 0 Å². The molecule has 1 aliphatic heterocycles. The first-order chi connectivity index (χ1) is 13.5. The van der Waals surface area contributed by atoms with Gasteiger partial charge in [0.25, 0.3) is 0 Å². The van der Waals surface area contributed by atoms with Crippen molar-refractivity contribution in [1.82, 2.24) is 14.7 Å². The number of aromatic carboxylic acids is 1. The number of hydrogen-bond donors (Lipinski definition) is 1. The summed E-state index contributed by atoms with van der Waals surface area (Å²) in [4.78, 5) is 26.4. The second-order valence-corrected chi connectivity index (χ2v) is 7.83. The summed E-state index contributed by atoms with van der Waals surface area (Å²) in [6.45, 7) is 1.24. The van der Waals surface area contributed by atoms with E-state index >= 15 is 0 Å². The summed E-state index contributed by atoms with van der Waals surface area (Å²) < 4.78 is 15.1. The van der Waals surface area contributed by atoms with Gasteiger partial charge in [-0.25, -0.2) is 9.18 Å². The molecule has 1 saturated heterocycles. The molecule has 1 saturated carbocycles. The normalized spacial score (nSPS) is 19.7. The lowest BCUT2D eigenvalue weighted by Crippen LogP contribution is -2.48. The number of rotatable bonds is 4. The van der Waals surface area contributed by atoms with E-state index in [0.717, 1.165) is 44.1 Å². The van der Waals surface area contributed by atoms with E-state index in [9.17, 15) is 14.0 Å². The van der Waals surface area contributed by atoms with Crippen LogP contribution in [0.25, 0.3) is 0 Å². The van der Waals surface area contributed by atoms with Crippen molar-refractivity contribution in [1.29, 1.82) is 0 Å². The highest BCUT2D eigenvalue weighted by atomic mass is 19.1. The van der Waals surface area contributed by atoms with Gasteiger partial charge in [0.15, 0.2) is 0 Å². The minimum absolute atomic E-state index is 0.0995. The van der Waals surface area contributed by atoms with Crippen LogP contribution in [0.5, 0.6) is 0 Å². The van der Waals surface area contributed by atoms with Crippen LogP contribution in [0.1, 0.15) is 60.5 Å². The van der Waals surface area contributed by atoms with Crippen molar-refractivity contribution in [2.24, 2.45) is 0 Å². The first-order valence-corrected chi connectivity index (χ1v) is 9.82. The van der Waals surface area contributed by atoms with Gasteiger partial charge in [0.2, 0.25) is 5.91 Å². The molecule has 2 aromatic rings. The highest BCUT2D eigenvalue weighted by molar-refractivity contribution is 5.89. The van der Waals surface area contributed by atoms with Crippen molar-refractivity contribution in [3.63, 3.8) is 0 Å². The zero-order chi connectivity index (χ0) is 19.7. The van der Waals surface area contributed by atoms with Crippen LogP contribution in [0.4, 0.5) is 4.39 Å². The van der Waals surface area contributed by atoms with Crippen LogP contribution in [-0.4, -0.2) is 44.8 Å². The fourth-order valence-electron chi connectivity index (χ4n) is 4.66. The highest BCUT2D eigenvalue weighted by Gasteiger charge is 2.45.